The zero-order chi connectivity index (χ0) is 16.3. The maximum absolute atomic E-state index is 10.5. The highest BCUT2D eigenvalue weighted by molar-refractivity contribution is 7.46. The fourth-order valence-corrected chi connectivity index (χ4v) is 2.23. The first-order chi connectivity index (χ1) is 10.5. The van der Waals surface area contributed by atoms with E-state index in [4.69, 9.17) is 19.3 Å². The number of phosphoric ester groups is 1. The van der Waals surface area contributed by atoms with Gasteiger partial charge in [0, 0.05) is 0 Å². The molecule has 1 rings (SSSR count). The van der Waals surface area contributed by atoms with Crippen LogP contribution in [0.15, 0.2) is 30.3 Å². The predicted molar refractivity (Wildman–Crippen MR) is 83.8 cm³/mol. The normalized spacial score (nSPS) is 13.0. The van der Waals surface area contributed by atoms with Crippen molar-refractivity contribution in [1.29, 1.82) is 0 Å². The fourth-order valence-electron chi connectivity index (χ4n) is 1.92. The van der Waals surface area contributed by atoms with Gasteiger partial charge >= 0.3 is 7.82 Å². The van der Waals surface area contributed by atoms with Crippen molar-refractivity contribution in [1.82, 2.24) is 0 Å². The molecular weight excluding hydrogens is 307 g/mol. The van der Waals surface area contributed by atoms with E-state index in [-0.39, 0.29) is 19.3 Å². The van der Waals surface area contributed by atoms with Crippen LogP contribution in [0.5, 0.6) is 5.75 Å². The van der Waals surface area contributed by atoms with Crippen LogP contribution in [0.2, 0.25) is 0 Å². The Bertz CT molecular complexity index is 433. The minimum absolute atomic E-state index is 0.0796. The third kappa shape index (κ3) is 9.92. The van der Waals surface area contributed by atoms with Crippen molar-refractivity contribution in [3.63, 3.8) is 0 Å². The van der Waals surface area contributed by atoms with Crippen LogP contribution in [-0.4, -0.2) is 35.7 Å². The van der Waals surface area contributed by atoms with Gasteiger partial charge in [0.15, 0.2) is 0 Å². The minimum Gasteiger partial charge on any atom is -0.488 e. The minimum atomic E-state index is -4.42. The maximum atomic E-state index is 10.5. The number of ether oxygens (including phenoxy) is 2. The molecule has 0 heterocycles. The van der Waals surface area contributed by atoms with Gasteiger partial charge < -0.3 is 19.3 Å². The summed E-state index contributed by atoms with van der Waals surface area (Å²) >= 11 is 0. The topological polar surface area (TPSA) is 85.2 Å². The molecule has 126 valence electrons. The summed E-state index contributed by atoms with van der Waals surface area (Å²) in [7, 11) is -4.42. The zero-order valence-corrected chi connectivity index (χ0v) is 13.8. The molecule has 2 N–H and O–H groups in total. The molecule has 1 atom stereocenters. The van der Waals surface area contributed by atoms with E-state index in [0.29, 0.717) is 6.61 Å². The molecule has 1 aromatic carbocycles. The summed E-state index contributed by atoms with van der Waals surface area (Å²) < 4.78 is 26.2. The Kier molecular flexibility index (Phi) is 9.36. The van der Waals surface area contributed by atoms with Gasteiger partial charge in [-0.25, -0.2) is 4.57 Å². The Morgan fingerprint density at radius 3 is 2.50 bits per heavy atom. The summed E-state index contributed by atoms with van der Waals surface area (Å²) in [6, 6.07) is 9.53. The van der Waals surface area contributed by atoms with E-state index >= 15 is 0 Å². The summed E-state index contributed by atoms with van der Waals surface area (Å²) in [5.41, 5.74) is 0. The standard InChI is InChI=1S/C15H25O6P/c1-2-3-5-10-15(21-14-8-6-4-7-9-14)13-19-11-12-20-22(16,17)18/h4,6-9,15H,2-3,5,10-13H2,1H3,(H2,16,17,18). The summed E-state index contributed by atoms with van der Waals surface area (Å²) in [5.74, 6) is 0.791. The molecule has 0 aromatic heterocycles. The summed E-state index contributed by atoms with van der Waals surface area (Å²) in [4.78, 5) is 17.1. The van der Waals surface area contributed by atoms with E-state index in [1.165, 1.54) is 0 Å². The summed E-state index contributed by atoms with van der Waals surface area (Å²) in [5, 5.41) is 0. The molecule has 0 radical (unpaired) electrons. The number of para-hydroxylation sites is 1. The van der Waals surface area contributed by atoms with Gasteiger partial charge in [0.25, 0.3) is 0 Å². The quantitative estimate of drug-likeness (QED) is 0.452. The van der Waals surface area contributed by atoms with E-state index in [1.54, 1.807) is 0 Å². The average Bonchev–Trinajstić information content (AvgIpc) is 2.46. The predicted octanol–water partition coefficient (Wildman–Crippen LogP) is 3.14. The Morgan fingerprint density at radius 1 is 1.14 bits per heavy atom. The lowest BCUT2D eigenvalue weighted by atomic mass is 10.1. The number of rotatable bonds is 12. The van der Waals surface area contributed by atoms with Crippen LogP contribution in [0.25, 0.3) is 0 Å². The van der Waals surface area contributed by atoms with E-state index < -0.39 is 7.82 Å². The lowest BCUT2D eigenvalue weighted by molar-refractivity contribution is 0.0272. The molecule has 1 aromatic rings. The number of benzene rings is 1. The van der Waals surface area contributed by atoms with Gasteiger partial charge in [-0.2, -0.15) is 0 Å². The molecule has 6 nitrogen and oxygen atoms in total. The highest BCUT2D eigenvalue weighted by Gasteiger charge is 2.14. The monoisotopic (exact) mass is 332 g/mol. The Balaban J connectivity index is 2.33. The van der Waals surface area contributed by atoms with Crippen molar-refractivity contribution >= 4 is 7.82 Å². The first-order valence-electron chi connectivity index (χ1n) is 7.51. The smallest absolute Gasteiger partial charge is 0.469 e. The van der Waals surface area contributed by atoms with Crippen LogP contribution in [-0.2, 0) is 13.8 Å². The van der Waals surface area contributed by atoms with Crippen LogP contribution in [0.3, 0.4) is 0 Å². The van der Waals surface area contributed by atoms with Crippen molar-refractivity contribution in [3.8, 4) is 5.75 Å². The molecule has 0 spiro atoms. The Hall–Kier alpha value is -0.910. The molecule has 0 bridgehead atoms. The van der Waals surface area contributed by atoms with Gasteiger partial charge in [-0.15, -0.1) is 0 Å². The average molecular weight is 332 g/mol. The maximum Gasteiger partial charge on any atom is 0.469 e. The van der Waals surface area contributed by atoms with Crippen molar-refractivity contribution in [2.75, 3.05) is 19.8 Å². The van der Waals surface area contributed by atoms with Gasteiger partial charge in [-0.3, -0.25) is 4.52 Å². The molecule has 22 heavy (non-hydrogen) atoms. The number of hydrogen-bond donors (Lipinski definition) is 2. The Labute approximate surface area is 131 Å². The second-order valence-electron chi connectivity index (χ2n) is 4.95. The van der Waals surface area contributed by atoms with Crippen molar-refractivity contribution in [2.45, 2.75) is 38.7 Å². The molecular formula is C15H25O6P. The molecule has 0 fully saturated rings. The largest absolute Gasteiger partial charge is 0.488 e. The van der Waals surface area contributed by atoms with Crippen molar-refractivity contribution < 1.29 is 28.3 Å². The zero-order valence-electron chi connectivity index (χ0n) is 12.9. The van der Waals surface area contributed by atoms with Gasteiger partial charge in [0.1, 0.15) is 11.9 Å². The molecule has 0 aliphatic rings. The molecule has 0 aliphatic carbocycles. The first-order valence-corrected chi connectivity index (χ1v) is 9.04. The highest BCUT2D eigenvalue weighted by atomic mass is 31.2. The van der Waals surface area contributed by atoms with Crippen molar-refractivity contribution in [2.24, 2.45) is 0 Å². The number of unbranched alkanes of at least 4 members (excludes halogenated alkanes) is 2. The molecule has 0 aliphatic heterocycles. The SMILES string of the molecule is CCCCCC(COCCOP(=O)(O)O)Oc1ccccc1. The molecule has 0 saturated carbocycles. The van der Waals surface area contributed by atoms with Crippen LogP contribution in [0.4, 0.5) is 0 Å². The van der Waals surface area contributed by atoms with Gasteiger partial charge in [-0.1, -0.05) is 38.0 Å². The molecule has 0 amide bonds. The third-order valence-electron chi connectivity index (χ3n) is 2.97. The lowest BCUT2D eigenvalue weighted by Crippen LogP contribution is -2.24. The van der Waals surface area contributed by atoms with E-state index in [1.807, 2.05) is 30.3 Å². The van der Waals surface area contributed by atoms with Crippen LogP contribution >= 0.6 is 7.82 Å². The first kappa shape index (κ1) is 19.1. The van der Waals surface area contributed by atoms with Crippen LogP contribution < -0.4 is 4.74 Å². The van der Waals surface area contributed by atoms with E-state index in [2.05, 4.69) is 11.4 Å². The third-order valence-corrected chi connectivity index (χ3v) is 3.49. The number of phosphoric acid groups is 1. The van der Waals surface area contributed by atoms with Crippen LogP contribution in [0.1, 0.15) is 32.6 Å². The Morgan fingerprint density at radius 2 is 1.86 bits per heavy atom. The number of hydrogen-bond acceptors (Lipinski definition) is 4. The van der Waals surface area contributed by atoms with E-state index in [9.17, 15) is 4.57 Å². The van der Waals surface area contributed by atoms with Crippen LogP contribution in [0, 0.1) is 0 Å². The fraction of sp³-hybridized carbons (Fsp3) is 0.600. The van der Waals surface area contributed by atoms with Crippen molar-refractivity contribution in [3.05, 3.63) is 30.3 Å². The van der Waals surface area contributed by atoms with Gasteiger partial charge in [0.05, 0.1) is 19.8 Å². The highest BCUT2D eigenvalue weighted by Crippen LogP contribution is 2.35. The van der Waals surface area contributed by atoms with Gasteiger partial charge in [-0.05, 0) is 25.0 Å². The summed E-state index contributed by atoms with van der Waals surface area (Å²) in [6.45, 7) is 2.48. The second-order valence-corrected chi connectivity index (χ2v) is 6.19. The molecule has 1 unspecified atom stereocenters. The van der Waals surface area contributed by atoms with Gasteiger partial charge in [0.2, 0.25) is 0 Å². The lowest BCUT2D eigenvalue weighted by Gasteiger charge is -2.19. The molecule has 7 heteroatoms. The van der Waals surface area contributed by atoms with E-state index in [0.717, 1.165) is 31.4 Å². The summed E-state index contributed by atoms with van der Waals surface area (Å²) in [6.07, 6.45) is 4.12. The molecule has 0 saturated heterocycles. The second kappa shape index (κ2) is 10.8.